The van der Waals surface area contributed by atoms with Crippen LogP contribution in [0.15, 0.2) is 18.2 Å². The summed E-state index contributed by atoms with van der Waals surface area (Å²) in [6.45, 7) is 5.53. The van der Waals surface area contributed by atoms with Crippen molar-refractivity contribution >= 4 is 29.2 Å². The van der Waals surface area contributed by atoms with Gasteiger partial charge in [-0.3, -0.25) is 4.79 Å². The number of benzene rings is 1. The maximum Gasteiger partial charge on any atom is 0.312 e. The molecule has 0 aliphatic rings. The molecular weight excluding hydrogens is 299 g/mol. The van der Waals surface area contributed by atoms with E-state index < -0.39 is 17.5 Å². The van der Waals surface area contributed by atoms with E-state index in [0.717, 1.165) is 6.42 Å². The standard InChI is InChI=1S/C15H20Cl2O3/c1-4-7-11(14(18)20-5-2)15(3,19)10-8-6-9-12(16)13(10)17/h6,8-9,11,19H,4-5,7H2,1-3H3. The summed E-state index contributed by atoms with van der Waals surface area (Å²) in [6, 6.07) is 5.02. The van der Waals surface area contributed by atoms with Gasteiger partial charge < -0.3 is 9.84 Å². The first kappa shape index (κ1) is 17.3. The summed E-state index contributed by atoms with van der Waals surface area (Å²) < 4.78 is 5.06. The third kappa shape index (κ3) is 3.66. The Hall–Kier alpha value is -0.770. The molecule has 3 nitrogen and oxygen atoms in total. The number of hydrogen-bond acceptors (Lipinski definition) is 3. The van der Waals surface area contributed by atoms with Gasteiger partial charge in [-0.05, 0) is 26.3 Å². The molecule has 20 heavy (non-hydrogen) atoms. The Bertz CT molecular complexity index is 472. The van der Waals surface area contributed by atoms with Crippen LogP contribution >= 0.6 is 23.2 Å². The van der Waals surface area contributed by atoms with E-state index >= 15 is 0 Å². The zero-order valence-corrected chi connectivity index (χ0v) is 13.5. The van der Waals surface area contributed by atoms with E-state index in [1.807, 2.05) is 6.92 Å². The Balaban J connectivity index is 3.21. The van der Waals surface area contributed by atoms with Gasteiger partial charge in [0, 0.05) is 5.56 Å². The number of hydrogen-bond donors (Lipinski definition) is 1. The van der Waals surface area contributed by atoms with Crippen LogP contribution in [0.5, 0.6) is 0 Å². The van der Waals surface area contributed by atoms with Gasteiger partial charge in [0.1, 0.15) is 5.60 Å². The number of carbonyl (C=O) groups excluding carboxylic acids is 1. The van der Waals surface area contributed by atoms with E-state index in [0.29, 0.717) is 17.0 Å². The maximum absolute atomic E-state index is 12.1. The van der Waals surface area contributed by atoms with E-state index in [1.165, 1.54) is 0 Å². The molecule has 2 unspecified atom stereocenters. The van der Waals surface area contributed by atoms with Crippen molar-refractivity contribution in [2.24, 2.45) is 5.92 Å². The van der Waals surface area contributed by atoms with Gasteiger partial charge in [0.25, 0.3) is 0 Å². The molecule has 1 N–H and O–H groups in total. The Labute approximate surface area is 129 Å². The minimum atomic E-state index is -1.43. The summed E-state index contributed by atoms with van der Waals surface area (Å²) in [4.78, 5) is 12.1. The van der Waals surface area contributed by atoms with Crippen LogP contribution < -0.4 is 0 Å². The van der Waals surface area contributed by atoms with Crippen molar-refractivity contribution in [1.29, 1.82) is 0 Å². The fourth-order valence-electron chi connectivity index (χ4n) is 2.24. The molecule has 0 fully saturated rings. The molecule has 112 valence electrons. The molecule has 0 amide bonds. The Kier molecular flexibility index (Phi) is 6.31. The minimum Gasteiger partial charge on any atom is -0.466 e. The van der Waals surface area contributed by atoms with Crippen molar-refractivity contribution in [3.8, 4) is 0 Å². The summed E-state index contributed by atoms with van der Waals surface area (Å²) in [5.74, 6) is -1.10. The smallest absolute Gasteiger partial charge is 0.312 e. The summed E-state index contributed by atoms with van der Waals surface area (Å²) >= 11 is 12.1. The molecule has 1 aromatic rings. The van der Waals surface area contributed by atoms with Gasteiger partial charge >= 0.3 is 5.97 Å². The first-order valence-corrected chi connectivity index (χ1v) is 7.45. The lowest BCUT2D eigenvalue weighted by Crippen LogP contribution is -2.38. The molecule has 0 radical (unpaired) electrons. The highest BCUT2D eigenvalue weighted by Crippen LogP contribution is 2.39. The molecule has 0 aliphatic heterocycles. The third-order valence-corrected chi connectivity index (χ3v) is 4.14. The quantitative estimate of drug-likeness (QED) is 0.800. The average molecular weight is 319 g/mol. The lowest BCUT2D eigenvalue weighted by Gasteiger charge is -2.32. The highest BCUT2D eigenvalue weighted by atomic mass is 35.5. The molecule has 1 rings (SSSR count). The number of rotatable bonds is 6. The molecular formula is C15H20Cl2O3. The van der Waals surface area contributed by atoms with Gasteiger partial charge in [0.2, 0.25) is 0 Å². The van der Waals surface area contributed by atoms with E-state index in [-0.39, 0.29) is 11.6 Å². The van der Waals surface area contributed by atoms with E-state index in [1.54, 1.807) is 32.0 Å². The molecule has 2 atom stereocenters. The lowest BCUT2D eigenvalue weighted by molar-refractivity contribution is -0.158. The van der Waals surface area contributed by atoms with Gasteiger partial charge in [-0.2, -0.15) is 0 Å². The zero-order chi connectivity index (χ0) is 15.3. The van der Waals surface area contributed by atoms with E-state index in [9.17, 15) is 9.90 Å². The van der Waals surface area contributed by atoms with Crippen molar-refractivity contribution in [2.75, 3.05) is 6.61 Å². The van der Waals surface area contributed by atoms with Crippen LogP contribution in [0.2, 0.25) is 10.0 Å². The van der Waals surface area contributed by atoms with Crippen molar-refractivity contribution < 1.29 is 14.6 Å². The predicted molar refractivity (Wildman–Crippen MR) is 81.1 cm³/mol. The van der Waals surface area contributed by atoms with Crippen molar-refractivity contribution in [1.82, 2.24) is 0 Å². The van der Waals surface area contributed by atoms with Gasteiger partial charge in [-0.25, -0.2) is 0 Å². The maximum atomic E-state index is 12.1. The van der Waals surface area contributed by atoms with Crippen molar-refractivity contribution in [3.05, 3.63) is 33.8 Å². The van der Waals surface area contributed by atoms with Crippen molar-refractivity contribution in [2.45, 2.75) is 39.2 Å². The topological polar surface area (TPSA) is 46.5 Å². The third-order valence-electron chi connectivity index (χ3n) is 3.32. The molecule has 0 spiro atoms. The average Bonchev–Trinajstić information content (AvgIpc) is 2.38. The number of carbonyl (C=O) groups is 1. The Morgan fingerprint density at radius 2 is 2.05 bits per heavy atom. The monoisotopic (exact) mass is 318 g/mol. The first-order chi connectivity index (χ1) is 9.36. The highest BCUT2D eigenvalue weighted by Gasteiger charge is 2.40. The van der Waals surface area contributed by atoms with Crippen LogP contribution in [0.3, 0.4) is 0 Å². The molecule has 0 bridgehead atoms. The van der Waals surface area contributed by atoms with Crippen LogP contribution in [0, 0.1) is 5.92 Å². The lowest BCUT2D eigenvalue weighted by atomic mass is 9.80. The summed E-state index contributed by atoms with van der Waals surface area (Å²) in [7, 11) is 0. The highest BCUT2D eigenvalue weighted by molar-refractivity contribution is 6.42. The Morgan fingerprint density at radius 1 is 1.40 bits per heavy atom. The molecule has 1 aromatic carbocycles. The number of ether oxygens (including phenoxy) is 1. The second-order valence-electron chi connectivity index (χ2n) is 4.84. The molecule has 0 saturated carbocycles. The number of halogens is 2. The van der Waals surface area contributed by atoms with E-state index in [4.69, 9.17) is 27.9 Å². The molecule has 0 saturated heterocycles. The first-order valence-electron chi connectivity index (χ1n) is 6.69. The van der Waals surface area contributed by atoms with Crippen LogP contribution in [0.1, 0.15) is 39.2 Å². The molecule has 0 aromatic heterocycles. The number of esters is 1. The summed E-state index contributed by atoms with van der Waals surface area (Å²) in [6.07, 6.45) is 1.26. The van der Waals surface area contributed by atoms with Crippen LogP contribution in [0.4, 0.5) is 0 Å². The SMILES string of the molecule is CCCC(C(=O)OCC)C(C)(O)c1cccc(Cl)c1Cl. The van der Waals surface area contributed by atoms with Gasteiger partial charge in [-0.15, -0.1) is 0 Å². The van der Waals surface area contributed by atoms with Gasteiger partial charge in [0.05, 0.1) is 22.6 Å². The summed E-state index contributed by atoms with van der Waals surface area (Å²) in [5.41, 5.74) is -0.984. The van der Waals surface area contributed by atoms with Gasteiger partial charge in [-0.1, -0.05) is 48.7 Å². The second-order valence-corrected chi connectivity index (χ2v) is 5.63. The van der Waals surface area contributed by atoms with Crippen LogP contribution in [-0.4, -0.2) is 17.7 Å². The molecule has 0 heterocycles. The molecule has 5 heteroatoms. The fraction of sp³-hybridized carbons (Fsp3) is 0.533. The van der Waals surface area contributed by atoms with Gasteiger partial charge in [0.15, 0.2) is 0 Å². The Morgan fingerprint density at radius 3 is 2.60 bits per heavy atom. The second kappa shape index (κ2) is 7.30. The van der Waals surface area contributed by atoms with Crippen LogP contribution in [-0.2, 0) is 15.1 Å². The minimum absolute atomic E-state index is 0.268. The largest absolute Gasteiger partial charge is 0.466 e. The fourth-order valence-corrected chi connectivity index (χ4v) is 2.73. The number of aliphatic hydroxyl groups is 1. The summed E-state index contributed by atoms with van der Waals surface area (Å²) in [5, 5.41) is 11.5. The van der Waals surface area contributed by atoms with Crippen LogP contribution in [0.25, 0.3) is 0 Å². The predicted octanol–water partition coefficient (Wildman–Crippen LogP) is 4.18. The normalized spacial score (nSPS) is 15.5. The zero-order valence-electron chi connectivity index (χ0n) is 12.0. The molecule has 0 aliphatic carbocycles. The van der Waals surface area contributed by atoms with E-state index in [2.05, 4.69) is 0 Å². The van der Waals surface area contributed by atoms with Crippen molar-refractivity contribution in [3.63, 3.8) is 0 Å².